The minimum atomic E-state index is 0.563. The van der Waals surface area contributed by atoms with Crippen molar-refractivity contribution >= 4 is 11.6 Å². The third-order valence-corrected chi connectivity index (χ3v) is 3.19. The summed E-state index contributed by atoms with van der Waals surface area (Å²) in [5.41, 5.74) is 0.972. The Balaban J connectivity index is 2.53. The van der Waals surface area contributed by atoms with Gasteiger partial charge in [0.25, 0.3) is 0 Å². The quantitative estimate of drug-likeness (QED) is 0.744. The van der Waals surface area contributed by atoms with Gasteiger partial charge in [0, 0.05) is 13.0 Å². The van der Waals surface area contributed by atoms with Crippen LogP contribution in [0.1, 0.15) is 24.8 Å². The average molecular weight is 283 g/mol. The van der Waals surface area contributed by atoms with Crippen LogP contribution in [-0.4, -0.2) is 20.8 Å². The lowest BCUT2D eigenvalue weighted by molar-refractivity contribution is 0.354. The summed E-state index contributed by atoms with van der Waals surface area (Å²) in [5, 5.41) is 12.3. The highest BCUT2D eigenvalue weighted by Gasteiger charge is 2.12. The molecule has 0 bridgehead atoms. The van der Waals surface area contributed by atoms with Crippen molar-refractivity contribution in [2.45, 2.75) is 25.8 Å². The summed E-state index contributed by atoms with van der Waals surface area (Å²) in [7, 11) is 3.16. The molecule has 1 aromatic rings. The normalized spacial score (nSPS) is 10.0. The molecule has 0 atom stereocenters. The zero-order valence-electron chi connectivity index (χ0n) is 11.3. The molecule has 0 fully saturated rings. The van der Waals surface area contributed by atoms with E-state index >= 15 is 0 Å². The van der Waals surface area contributed by atoms with Crippen molar-refractivity contribution in [2.24, 2.45) is 0 Å². The van der Waals surface area contributed by atoms with Gasteiger partial charge in [0.2, 0.25) is 0 Å². The van der Waals surface area contributed by atoms with Crippen LogP contribution in [0.15, 0.2) is 12.1 Å². The van der Waals surface area contributed by atoms with Crippen LogP contribution in [0.3, 0.4) is 0 Å². The van der Waals surface area contributed by atoms with E-state index in [2.05, 4.69) is 11.4 Å². The molecule has 4 nitrogen and oxygen atoms in total. The first kappa shape index (κ1) is 15.6. The summed E-state index contributed by atoms with van der Waals surface area (Å²) in [6.45, 7) is 1.54. The molecule has 0 heterocycles. The number of hydrogen-bond donors (Lipinski definition) is 1. The van der Waals surface area contributed by atoms with Gasteiger partial charge in [-0.15, -0.1) is 0 Å². The second-order valence-corrected chi connectivity index (χ2v) is 4.44. The Morgan fingerprint density at radius 1 is 1.26 bits per heavy atom. The molecule has 0 amide bonds. The molecule has 104 valence electrons. The molecule has 0 aliphatic carbocycles. The minimum absolute atomic E-state index is 0.563. The summed E-state index contributed by atoms with van der Waals surface area (Å²) >= 11 is 6.27. The van der Waals surface area contributed by atoms with Crippen molar-refractivity contribution in [1.29, 1.82) is 5.26 Å². The zero-order chi connectivity index (χ0) is 14.1. The number of nitrogens with zero attached hydrogens (tertiary/aromatic N) is 1. The smallest absolute Gasteiger partial charge is 0.179 e. The van der Waals surface area contributed by atoms with E-state index in [4.69, 9.17) is 26.3 Å². The van der Waals surface area contributed by atoms with Gasteiger partial charge in [0.05, 0.1) is 25.3 Å². The van der Waals surface area contributed by atoms with E-state index in [1.807, 2.05) is 12.1 Å². The SMILES string of the molecule is COc1ccc(CNCCCCC#N)c(Cl)c1OC. The van der Waals surface area contributed by atoms with E-state index in [0.717, 1.165) is 24.9 Å². The number of ether oxygens (including phenoxy) is 2. The molecule has 0 spiro atoms. The van der Waals surface area contributed by atoms with Crippen LogP contribution in [0.4, 0.5) is 0 Å². The van der Waals surface area contributed by atoms with E-state index in [9.17, 15) is 0 Å². The van der Waals surface area contributed by atoms with Crippen molar-refractivity contribution in [3.05, 3.63) is 22.7 Å². The molecular weight excluding hydrogens is 264 g/mol. The van der Waals surface area contributed by atoms with Crippen molar-refractivity contribution in [3.63, 3.8) is 0 Å². The molecule has 1 N–H and O–H groups in total. The summed E-state index contributed by atoms with van der Waals surface area (Å²) in [5.74, 6) is 1.19. The van der Waals surface area contributed by atoms with Crippen LogP contribution >= 0.6 is 11.6 Å². The molecule has 1 aromatic carbocycles. The average Bonchev–Trinajstić information content (AvgIpc) is 2.43. The molecule has 0 aliphatic heterocycles. The highest BCUT2D eigenvalue weighted by Crippen LogP contribution is 2.37. The van der Waals surface area contributed by atoms with Gasteiger partial charge in [0.1, 0.15) is 0 Å². The predicted octanol–water partition coefficient (Wildman–Crippen LogP) is 3.14. The minimum Gasteiger partial charge on any atom is -0.493 e. The third-order valence-electron chi connectivity index (χ3n) is 2.77. The van der Waals surface area contributed by atoms with Crippen LogP contribution in [0.2, 0.25) is 5.02 Å². The summed E-state index contributed by atoms with van der Waals surface area (Å²) in [6.07, 6.45) is 2.51. The number of nitriles is 1. The molecule has 19 heavy (non-hydrogen) atoms. The largest absolute Gasteiger partial charge is 0.493 e. The summed E-state index contributed by atoms with van der Waals surface area (Å²) < 4.78 is 10.4. The Morgan fingerprint density at radius 3 is 2.68 bits per heavy atom. The Bertz CT molecular complexity index is 444. The van der Waals surface area contributed by atoms with E-state index in [1.54, 1.807) is 14.2 Å². The lowest BCUT2D eigenvalue weighted by atomic mass is 10.2. The summed E-state index contributed by atoms with van der Waals surface area (Å²) in [4.78, 5) is 0. The third kappa shape index (κ3) is 4.62. The van der Waals surface area contributed by atoms with Gasteiger partial charge in [-0.3, -0.25) is 0 Å². The fraction of sp³-hybridized carbons (Fsp3) is 0.500. The van der Waals surface area contributed by atoms with Crippen molar-refractivity contribution in [3.8, 4) is 17.6 Å². The predicted molar refractivity (Wildman–Crippen MR) is 75.7 cm³/mol. The van der Waals surface area contributed by atoms with Crippen LogP contribution in [0.5, 0.6) is 11.5 Å². The fourth-order valence-electron chi connectivity index (χ4n) is 1.74. The highest BCUT2D eigenvalue weighted by atomic mass is 35.5. The first-order valence-corrected chi connectivity index (χ1v) is 6.59. The van der Waals surface area contributed by atoms with Crippen molar-refractivity contribution in [2.75, 3.05) is 20.8 Å². The Hall–Kier alpha value is -1.44. The molecule has 0 saturated carbocycles. The Labute approximate surface area is 119 Å². The Morgan fingerprint density at radius 2 is 2.05 bits per heavy atom. The first-order valence-electron chi connectivity index (χ1n) is 6.21. The summed E-state index contributed by atoms with van der Waals surface area (Å²) in [6, 6.07) is 5.90. The van der Waals surface area contributed by atoms with Gasteiger partial charge in [-0.05, 0) is 31.0 Å². The van der Waals surface area contributed by atoms with Crippen LogP contribution in [-0.2, 0) is 6.54 Å². The molecule has 1 rings (SSSR count). The molecule has 0 unspecified atom stereocenters. The number of rotatable bonds is 8. The Kier molecular flexibility index (Phi) is 7.09. The second-order valence-electron chi connectivity index (χ2n) is 4.07. The van der Waals surface area contributed by atoms with E-state index in [-0.39, 0.29) is 0 Å². The monoisotopic (exact) mass is 282 g/mol. The maximum Gasteiger partial charge on any atom is 0.179 e. The lowest BCUT2D eigenvalue weighted by Crippen LogP contribution is -2.15. The van der Waals surface area contributed by atoms with Crippen molar-refractivity contribution in [1.82, 2.24) is 5.32 Å². The number of methoxy groups -OCH3 is 2. The number of nitrogens with one attached hydrogen (secondary N) is 1. The van der Waals surface area contributed by atoms with Crippen LogP contribution in [0, 0.1) is 11.3 Å². The number of halogens is 1. The number of hydrogen-bond acceptors (Lipinski definition) is 4. The highest BCUT2D eigenvalue weighted by molar-refractivity contribution is 6.33. The fourth-order valence-corrected chi connectivity index (χ4v) is 2.04. The van der Waals surface area contributed by atoms with Crippen LogP contribution < -0.4 is 14.8 Å². The molecule has 0 saturated heterocycles. The van der Waals surface area contributed by atoms with Gasteiger partial charge < -0.3 is 14.8 Å². The van der Waals surface area contributed by atoms with E-state index in [0.29, 0.717) is 29.5 Å². The lowest BCUT2D eigenvalue weighted by Gasteiger charge is -2.13. The van der Waals surface area contributed by atoms with Crippen molar-refractivity contribution < 1.29 is 9.47 Å². The van der Waals surface area contributed by atoms with Crippen LogP contribution in [0.25, 0.3) is 0 Å². The van der Waals surface area contributed by atoms with E-state index in [1.165, 1.54) is 0 Å². The first-order chi connectivity index (χ1) is 9.24. The van der Waals surface area contributed by atoms with Gasteiger partial charge >= 0.3 is 0 Å². The standard InChI is InChI=1S/C14H19ClN2O2/c1-18-12-7-6-11(13(15)14(12)19-2)10-17-9-5-3-4-8-16/h6-7,17H,3-5,9-10H2,1-2H3. The zero-order valence-corrected chi connectivity index (χ0v) is 12.1. The molecule has 0 radical (unpaired) electrons. The maximum absolute atomic E-state index is 8.43. The maximum atomic E-state index is 8.43. The number of unbranched alkanes of at least 4 members (excludes halogenated alkanes) is 2. The van der Waals surface area contributed by atoms with Gasteiger partial charge in [-0.2, -0.15) is 5.26 Å². The topological polar surface area (TPSA) is 54.3 Å². The molecule has 0 aromatic heterocycles. The van der Waals surface area contributed by atoms with Gasteiger partial charge in [-0.25, -0.2) is 0 Å². The van der Waals surface area contributed by atoms with Gasteiger partial charge in [0.15, 0.2) is 11.5 Å². The second kappa shape index (κ2) is 8.63. The van der Waals surface area contributed by atoms with Gasteiger partial charge in [-0.1, -0.05) is 17.7 Å². The molecule has 0 aliphatic rings. The molecule has 5 heteroatoms. The van der Waals surface area contributed by atoms with E-state index < -0.39 is 0 Å². The number of benzene rings is 1. The molecular formula is C14H19ClN2O2.